The highest BCUT2D eigenvalue weighted by atomic mass is 15.1. The van der Waals surface area contributed by atoms with Crippen molar-refractivity contribution in [1.82, 2.24) is 10.2 Å². The molecule has 0 radical (unpaired) electrons. The summed E-state index contributed by atoms with van der Waals surface area (Å²) < 4.78 is 0. The molecule has 0 spiro atoms. The average Bonchev–Trinajstić information content (AvgIpc) is 2.59. The number of hydrogen-bond acceptors (Lipinski definition) is 2. The number of allylic oxidation sites excluding steroid dienone is 2. The zero-order valence-electron chi connectivity index (χ0n) is 10.1. The quantitative estimate of drug-likeness (QED) is 0.639. The minimum Gasteiger partial charge on any atom is -0.158 e. The summed E-state index contributed by atoms with van der Waals surface area (Å²) in [5.74, 6) is 0. The van der Waals surface area contributed by atoms with Crippen LogP contribution in [0.4, 0.5) is 0 Å². The van der Waals surface area contributed by atoms with Gasteiger partial charge in [0.05, 0.1) is 12.4 Å². The molecule has 0 unspecified atom stereocenters. The van der Waals surface area contributed by atoms with Crippen molar-refractivity contribution in [2.24, 2.45) is 0 Å². The van der Waals surface area contributed by atoms with Crippen molar-refractivity contribution in [2.45, 2.75) is 34.1 Å². The second kappa shape index (κ2) is 9.13. The van der Waals surface area contributed by atoms with Crippen LogP contribution in [0.15, 0.2) is 24.5 Å². The lowest BCUT2D eigenvalue weighted by Gasteiger charge is -1.94. The van der Waals surface area contributed by atoms with Crippen LogP contribution in [0.2, 0.25) is 0 Å². The summed E-state index contributed by atoms with van der Waals surface area (Å²) in [6.07, 6.45) is 12.9. The monoisotopic (exact) mass is 204 g/mol. The van der Waals surface area contributed by atoms with E-state index in [1.54, 1.807) is 12.4 Å². The third-order valence-corrected chi connectivity index (χ3v) is 1.66. The van der Waals surface area contributed by atoms with Gasteiger partial charge in [0.2, 0.25) is 0 Å². The Morgan fingerprint density at radius 2 is 1.20 bits per heavy atom. The minimum absolute atomic E-state index is 0.995. The fraction of sp³-hybridized carbons (Fsp3) is 0.385. The second-order valence-corrected chi connectivity index (χ2v) is 2.44. The molecule has 1 aliphatic rings. The predicted octanol–water partition coefficient (Wildman–Crippen LogP) is 3.96. The van der Waals surface area contributed by atoms with Gasteiger partial charge in [0.25, 0.3) is 0 Å². The average molecular weight is 204 g/mol. The summed E-state index contributed by atoms with van der Waals surface area (Å²) in [5, 5.41) is 7.61. The lowest BCUT2D eigenvalue weighted by atomic mass is 10.2. The molecule has 0 saturated carbocycles. The van der Waals surface area contributed by atoms with Crippen LogP contribution in [0, 0.1) is 0 Å². The van der Waals surface area contributed by atoms with Gasteiger partial charge in [-0.2, -0.15) is 10.2 Å². The number of nitrogens with zero attached hydrogens (tertiary/aromatic N) is 2. The van der Waals surface area contributed by atoms with Crippen molar-refractivity contribution in [3.8, 4) is 0 Å². The summed E-state index contributed by atoms with van der Waals surface area (Å²) in [6.45, 7) is 8.00. The van der Waals surface area contributed by atoms with E-state index in [-0.39, 0.29) is 0 Å². The molecule has 0 amide bonds. The second-order valence-electron chi connectivity index (χ2n) is 2.44. The Morgan fingerprint density at radius 3 is 1.60 bits per heavy atom. The van der Waals surface area contributed by atoms with Crippen molar-refractivity contribution in [1.29, 1.82) is 0 Å². The van der Waals surface area contributed by atoms with E-state index in [0.29, 0.717) is 0 Å². The van der Waals surface area contributed by atoms with Crippen molar-refractivity contribution in [3.63, 3.8) is 0 Å². The van der Waals surface area contributed by atoms with Crippen LogP contribution in [0.25, 0.3) is 12.2 Å². The van der Waals surface area contributed by atoms with Crippen LogP contribution in [0.3, 0.4) is 0 Å². The first kappa shape index (κ1) is 13.6. The maximum atomic E-state index is 3.80. The molecule has 1 aromatic heterocycles. The first-order valence-corrected chi connectivity index (χ1v) is 5.60. The molecule has 1 heterocycles. The van der Waals surface area contributed by atoms with Crippen molar-refractivity contribution in [3.05, 3.63) is 35.7 Å². The standard InChI is InChI=1S/C9H8N2.2C2H6/c1-2-4-8-6-10-11-7-9(8)5-3-1;2*1-2/h2-7H,1H2;2*1-2H3. The highest BCUT2D eigenvalue weighted by molar-refractivity contribution is 5.65. The lowest BCUT2D eigenvalue weighted by molar-refractivity contribution is 1.02. The molecule has 0 fully saturated rings. The Kier molecular flexibility index (Phi) is 8.25. The van der Waals surface area contributed by atoms with Gasteiger partial charge in [-0.1, -0.05) is 52.0 Å². The number of fused-ring (bicyclic) bond motifs is 1. The molecule has 2 rings (SSSR count). The smallest absolute Gasteiger partial charge is 0.0574 e. The van der Waals surface area contributed by atoms with Crippen molar-refractivity contribution in [2.75, 3.05) is 0 Å². The summed E-state index contributed by atoms with van der Waals surface area (Å²) in [4.78, 5) is 0. The number of hydrogen-bond donors (Lipinski definition) is 0. The molecule has 0 aliphatic heterocycles. The van der Waals surface area contributed by atoms with Gasteiger partial charge in [-0.3, -0.25) is 0 Å². The number of rotatable bonds is 0. The van der Waals surface area contributed by atoms with Crippen LogP contribution in [-0.4, -0.2) is 10.2 Å². The Hall–Kier alpha value is -1.44. The first-order valence-electron chi connectivity index (χ1n) is 5.60. The van der Waals surface area contributed by atoms with Crippen molar-refractivity contribution < 1.29 is 0 Å². The number of aromatic nitrogens is 2. The molecule has 15 heavy (non-hydrogen) atoms. The molecule has 0 N–H and O–H groups in total. The zero-order chi connectivity index (χ0) is 11.5. The van der Waals surface area contributed by atoms with Gasteiger partial charge in [-0.25, -0.2) is 0 Å². The molecular weight excluding hydrogens is 184 g/mol. The fourth-order valence-corrected chi connectivity index (χ4v) is 1.09. The van der Waals surface area contributed by atoms with Crippen LogP contribution < -0.4 is 0 Å². The first-order chi connectivity index (χ1) is 7.47. The summed E-state index contributed by atoms with van der Waals surface area (Å²) in [5.41, 5.74) is 2.29. The van der Waals surface area contributed by atoms with E-state index >= 15 is 0 Å². The van der Waals surface area contributed by atoms with Gasteiger partial charge in [-0.05, 0) is 6.42 Å². The van der Waals surface area contributed by atoms with E-state index in [4.69, 9.17) is 0 Å². The molecule has 0 aromatic carbocycles. The third-order valence-electron chi connectivity index (χ3n) is 1.66. The Morgan fingerprint density at radius 1 is 0.800 bits per heavy atom. The molecule has 82 valence electrons. The van der Waals surface area contributed by atoms with Gasteiger partial charge in [0.15, 0.2) is 0 Å². The van der Waals surface area contributed by atoms with E-state index in [1.165, 1.54) is 0 Å². The predicted molar refractivity (Wildman–Crippen MR) is 67.4 cm³/mol. The normalized spacial score (nSPS) is 11.2. The van der Waals surface area contributed by atoms with Gasteiger partial charge in [0, 0.05) is 11.1 Å². The molecule has 1 aromatic rings. The van der Waals surface area contributed by atoms with E-state index < -0.39 is 0 Å². The summed E-state index contributed by atoms with van der Waals surface area (Å²) in [7, 11) is 0. The largest absolute Gasteiger partial charge is 0.158 e. The fourth-order valence-electron chi connectivity index (χ4n) is 1.09. The van der Waals surface area contributed by atoms with Crippen molar-refractivity contribution >= 4 is 12.2 Å². The maximum Gasteiger partial charge on any atom is 0.0574 e. The summed E-state index contributed by atoms with van der Waals surface area (Å²) >= 11 is 0. The van der Waals surface area contributed by atoms with Gasteiger partial charge in [-0.15, -0.1) is 0 Å². The van der Waals surface area contributed by atoms with Gasteiger partial charge >= 0.3 is 0 Å². The zero-order valence-corrected chi connectivity index (χ0v) is 10.1. The van der Waals surface area contributed by atoms with Crippen LogP contribution in [0.5, 0.6) is 0 Å². The Balaban J connectivity index is 0.000000442. The lowest BCUT2D eigenvalue weighted by Crippen LogP contribution is -1.85. The Bertz CT molecular complexity index is 283. The topological polar surface area (TPSA) is 25.8 Å². The minimum atomic E-state index is 0.995. The van der Waals surface area contributed by atoms with Crippen LogP contribution in [0.1, 0.15) is 45.2 Å². The molecule has 0 saturated heterocycles. The van der Waals surface area contributed by atoms with E-state index in [2.05, 4.69) is 34.5 Å². The van der Waals surface area contributed by atoms with Crippen LogP contribution >= 0.6 is 0 Å². The SMILES string of the molecule is C1=Cc2cnncc2C=CC1.CC.CC. The van der Waals surface area contributed by atoms with Crippen LogP contribution in [-0.2, 0) is 0 Å². The highest BCUT2D eigenvalue weighted by Gasteiger charge is 1.96. The molecule has 1 aliphatic carbocycles. The maximum absolute atomic E-state index is 3.80. The third kappa shape index (κ3) is 4.54. The van der Waals surface area contributed by atoms with E-state index in [9.17, 15) is 0 Å². The van der Waals surface area contributed by atoms with Gasteiger partial charge < -0.3 is 0 Å². The molecule has 2 heteroatoms. The highest BCUT2D eigenvalue weighted by Crippen LogP contribution is 2.13. The molecule has 2 nitrogen and oxygen atoms in total. The molecule has 0 atom stereocenters. The molecule has 0 bridgehead atoms. The van der Waals surface area contributed by atoms with Gasteiger partial charge in [0.1, 0.15) is 0 Å². The summed E-state index contributed by atoms with van der Waals surface area (Å²) in [6, 6.07) is 0. The van der Waals surface area contributed by atoms with E-state index in [1.807, 2.05) is 27.7 Å². The Labute approximate surface area is 92.8 Å². The molecular formula is C13H20N2. The van der Waals surface area contributed by atoms with E-state index in [0.717, 1.165) is 17.5 Å².